The Morgan fingerprint density at radius 3 is 2.55 bits per heavy atom. The molecule has 7 nitrogen and oxygen atoms in total. The number of rotatable bonds is 4. The summed E-state index contributed by atoms with van der Waals surface area (Å²) in [6.07, 6.45) is 0. The van der Waals surface area contributed by atoms with Gasteiger partial charge in [0, 0.05) is 23.1 Å². The third-order valence-corrected chi connectivity index (χ3v) is 4.82. The summed E-state index contributed by atoms with van der Waals surface area (Å²) in [5.41, 5.74) is 0.469. The van der Waals surface area contributed by atoms with Crippen LogP contribution in [-0.2, 0) is 10.0 Å². The Labute approximate surface area is 126 Å². The lowest BCUT2D eigenvalue weighted by molar-refractivity contribution is 0.0845. The van der Waals surface area contributed by atoms with Gasteiger partial charge in [-0.05, 0) is 23.6 Å². The van der Waals surface area contributed by atoms with Crippen molar-refractivity contribution < 1.29 is 23.1 Å². The second-order valence-electron chi connectivity index (χ2n) is 4.78. The molecule has 0 bridgehead atoms. The van der Waals surface area contributed by atoms with Crippen LogP contribution < -0.4 is 10.0 Å². The van der Waals surface area contributed by atoms with Crippen LogP contribution in [-0.4, -0.2) is 38.5 Å². The van der Waals surface area contributed by atoms with Gasteiger partial charge in [0.25, 0.3) is 11.8 Å². The van der Waals surface area contributed by atoms with Crippen molar-refractivity contribution in [2.75, 3.05) is 13.2 Å². The molecular formula is C14H12N2O5S. The summed E-state index contributed by atoms with van der Waals surface area (Å²) in [4.78, 5) is 23.7. The van der Waals surface area contributed by atoms with E-state index in [0.717, 1.165) is 0 Å². The first kappa shape index (κ1) is 14.6. The van der Waals surface area contributed by atoms with E-state index in [1.165, 1.54) is 12.1 Å². The normalized spacial score (nSPS) is 14.2. The number of sulfonamides is 1. The zero-order valence-electron chi connectivity index (χ0n) is 11.3. The second-order valence-corrected chi connectivity index (χ2v) is 6.55. The number of aliphatic hydroxyl groups is 1. The lowest BCUT2D eigenvalue weighted by Gasteiger charge is -2.17. The summed E-state index contributed by atoms with van der Waals surface area (Å²) in [6, 6.07) is 7.46. The van der Waals surface area contributed by atoms with E-state index in [1.54, 1.807) is 18.2 Å². The Morgan fingerprint density at radius 1 is 1.09 bits per heavy atom. The molecule has 0 aliphatic carbocycles. The standard InChI is InChI=1S/C14H12N2O5S/c17-5-4-15-22(20,21)9-6-8-2-1-3-10-12(8)11(7-9)14(19)16-13(10)18/h1-3,6-7,15,17H,4-5H2,(H,16,18,19). The molecule has 1 heterocycles. The summed E-state index contributed by atoms with van der Waals surface area (Å²) in [7, 11) is -3.85. The smallest absolute Gasteiger partial charge is 0.258 e. The summed E-state index contributed by atoms with van der Waals surface area (Å²) in [5.74, 6) is -1.13. The van der Waals surface area contributed by atoms with Gasteiger partial charge >= 0.3 is 0 Å². The number of hydrogen-bond donors (Lipinski definition) is 3. The van der Waals surface area contributed by atoms with Crippen molar-refractivity contribution >= 4 is 32.6 Å². The van der Waals surface area contributed by atoms with Gasteiger partial charge in [0.2, 0.25) is 10.0 Å². The van der Waals surface area contributed by atoms with Gasteiger partial charge < -0.3 is 5.11 Å². The Hall–Kier alpha value is -2.29. The molecule has 0 aromatic heterocycles. The van der Waals surface area contributed by atoms with E-state index in [0.29, 0.717) is 16.3 Å². The highest BCUT2D eigenvalue weighted by atomic mass is 32.2. The summed E-state index contributed by atoms with van der Waals surface area (Å²) in [6.45, 7) is -0.459. The minimum atomic E-state index is -3.85. The van der Waals surface area contributed by atoms with Crippen LogP contribution >= 0.6 is 0 Å². The average Bonchev–Trinajstić information content (AvgIpc) is 2.50. The fraction of sp³-hybridized carbons (Fsp3) is 0.143. The molecule has 0 saturated carbocycles. The van der Waals surface area contributed by atoms with E-state index < -0.39 is 21.8 Å². The number of amides is 2. The van der Waals surface area contributed by atoms with Gasteiger partial charge in [0.1, 0.15) is 0 Å². The number of imide groups is 1. The molecule has 2 aromatic rings. The molecule has 0 saturated heterocycles. The Morgan fingerprint density at radius 2 is 1.82 bits per heavy atom. The van der Waals surface area contributed by atoms with Crippen molar-refractivity contribution in [3.63, 3.8) is 0 Å². The number of carbonyl (C=O) groups is 2. The van der Waals surface area contributed by atoms with Gasteiger partial charge in [-0.1, -0.05) is 12.1 Å². The maximum Gasteiger partial charge on any atom is 0.258 e. The molecule has 8 heteroatoms. The SMILES string of the molecule is O=C1NC(=O)c2cc(S(=O)(=O)NCCO)cc3cccc1c23. The first-order chi connectivity index (χ1) is 10.4. The van der Waals surface area contributed by atoms with E-state index in [1.807, 2.05) is 0 Å². The molecule has 0 fully saturated rings. The molecule has 114 valence electrons. The molecule has 3 N–H and O–H groups in total. The molecule has 3 rings (SSSR count). The topological polar surface area (TPSA) is 113 Å². The van der Waals surface area contributed by atoms with Crippen LogP contribution in [0.3, 0.4) is 0 Å². The van der Waals surface area contributed by atoms with Gasteiger partial charge in [-0.2, -0.15) is 0 Å². The summed E-state index contributed by atoms with van der Waals surface area (Å²) >= 11 is 0. The third-order valence-electron chi connectivity index (χ3n) is 3.38. The highest BCUT2D eigenvalue weighted by Crippen LogP contribution is 2.29. The predicted octanol–water partition coefficient (Wildman–Crippen LogP) is -0.00600. The number of carbonyl (C=O) groups excluding carboxylic acids is 2. The zero-order valence-corrected chi connectivity index (χ0v) is 12.1. The molecule has 0 radical (unpaired) electrons. The molecule has 0 unspecified atom stereocenters. The third kappa shape index (κ3) is 2.27. The van der Waals surface area contributed by atoms with Gasteiger partial charge in [-0.25, -0.2) is 13.1 Å². The summed E-state index contributed by atoms with van der Waals surface area (Å²) in [5, 5.41) is 11.9. The van der Waals surface area contributed by atoms with E-state index in [-0.39, 0.29) is 23.6 Å². The van der Waals surface area contributed by atoms with E-state index in [2.05, 4.69) is 10.0 Å². The molecule has 2 aromatic carbocycles. The Balaban J connectivity index is 2.27. The molecule has 1 aliphatic rings. The Bertz CT molecular complexity index is 905. The van der Waals surface area contributed by atoms with E-state index in [9.17, 15) is 18.0 Å². The minimum absolute atomic E-state index is 0.0925. The number of aliphatic hydroxyl groups excluding tert-OH is 1. The van der Waals surface area contributed by atoms with Crippen LogP contribution in [0.15, 0.2) is 35.2 Å². The van der Waals surface area contributed by atoms with Crippen molar-refractivity contribution in [1.29, 1.82) is 0 Å². The molecule has 1 aliphatic heterocycles. The first-order valence-corrected chi connectivity index (χ1v) is 7.95. The zero-order chi connectivity index (χ0) is 15.9. The maximum atomic E-state index is 12.2. The van der Waals surface area contributed by atoms with Gasteiger partial charge in [-0.3, -0.25) is 14.9 Å². The van der Waals surface area contributed by atoms with Gasteiger partial charge in [-0.15, -0.1) is 0 Å². The minimum Gasteiger partial charge on any atom is -0.395 e. The number of hydrogen-bond acceptors (Lipinski definition) is 5. The fourth-order valence-electron chi connectivity index (χ4n) is 2.42. The van der Waals surface area contributed by atoms with Crippen LogP contribution in [0.2, 0.25) is 0 Å². The first-order valence-electron chi connectivity index (χ1n) is 6.47. The summed E-state index contributed by atoms with van der Waals surface area (Å²) < 4.78 is 26.5. The van der Waals surface area contributed by atoms with E-state index >= 15 is 0 Å². The number of benzene rings is 2. The lowest BCUT2D eigenvalue weighted by Crippen LogP contribution is -2.35. The molecule has 2 amide bonds. The monoisotopic (exact) mass is 320 g/mol. The highest BCUT2D eigenvalue weighted by Gasteiger charge is 2.27. The van der Waals surface area contributed by atoms with Crippen molar-refractivity contribution in [3.05, 3.63) is 41.5 Å². The molecular weight excluding hydrogens is 308 g/mol. The van der Waals surface area contributed by atoms with Crippen molar-refractivity contribution in [1.82, 2.24) is 10.0 Å². The van der Waals surface area contributed by atoms with E-state index in [4.69, 9.17) is 5.11 Å². The largest absolute Gasteiger partial charge is 0.395 e. The molecule has 0 atom stereocenters. The van der Waals surface area contributed by atoms with Crippen molar-refractivity contribution in [2.24, 2.45) is 0 Å². The van der Waals surface area contributed by atoms with Gasteiger partial charge in [0.15, 0.2) is 0 Å². The second kappa shape index (κ2) is 5.16. The average molecular weight is 320 g/mol. The highest BCUT2D eigenvalue weighted by molar-refractivity contribution is 7.89. The van der Waals surface area contributed by atoms with Crippen LogP contribution in [0.1, 0.15) is 20.7 Å². The molecule has 0 spiro atoms. The predicted molar refractivity (Wildman–Crippen MR) is 78.0 cm³/mol. The van der Waals surface area contributed by atoms with Crippen LogP contribution in [0.5, 0.6) is 0 Å². The lowest BCUT2D eigenvalue weighted by atomic mass is 9.95. The van der Waals surface area contributed by atoms with Crippen LogP contribution in [0.25, 0.3) is 10.8 Å². The number of nitrogens with one attached hydrogen (secondary N) is 2. The van der Waals surface area contributed by atoms with Crippen LogP contribution in [0.4, 0.5) is 0 Å². The van der Waals surface area contributed by atoms with Crippen molar-refractivity contribution in [2.45, 2.75) is 4.90 Å². The van der Waals surface area contributed by atoms with Gasteiger partial charge in [0.05, 0.1) is 11.5 Å². The quantitative estimate of drug-likeness (QED) is 0.686. The van der Waals surface area contributed by atoms with Crippen LogP contribution in [0, 0.1) is 0 Å². The van der Waals surface area contributed by atoms with Crippen molar-refractivity contribution in [3.8, 4) is 0 Å². The fourth-order valence-corrected chi connectivity index (χ4v) is 3.51. The maximum absolute atomic E-state index is 12.2. The molecule has 22 heavy (non-hydrogen) atoms. The Kier molecular flexibility index (Phi) is 3.44.